The van der Waals surface area contributed by atoms with Gasteiger partial charge in [0.05, 0.1) is 24.4 Å². The molecule has 0 aliphatic heterocycles. The predicted octanol–water partition coefficient (Wildman–Crippen LogP) is 4.42. The zero-order chi connectivity index (χ0) is 21.1. The van der Waals surface area contributed by atoms with Crippen LogP contribution in [0.4, 0.5) is 0 Å². The third-order valence-electron chi connectivity index (χ3n) is 9.59. The van der Waals surface area contributed by atoms with Crippen molar-refractivity contribution in [2.75, 3.05) is 0 Å². The van der Waals surface area contributed by atoms with Gasteiger partial charge in [0.15, 0.2) is 0 Å². The first kappa shape index (κ1) is 23.0. The van der Waals surface area contributed by atoms with Crippen molar-refractivity contribution in [3.8, 4) is 0 Å². The van der Waals surface area contributed by atoms with Crippen molar-refractivity contribution in [1.82, 2.24) is 0 Å². The monoisotopic (exact) mass is 422 g/mol. The van der Waals surface area contributed by atoms with Crippen molar-refractivity contribution in [3.05, 3.63) is 0 Å². The molecule has 4 nitrogen and oxygen atoms in total. The first-order chi connectivity index (χ1) is 14.5. The number of aliphatic hydroxyl groups excluding tert-OH is 4. The molecule has 0 unspecified atom stereocenters. The highest BCUT2D eigenvalue weighted by Crippen LogP contribution is 2.52. The third kappa shape index (κ3) is 5.60. The standard InChI is InChI=1S/C26H46O4/c27-21-9-1-17(2-10-21)25(18-3-11-22(28)12-4-18)26(19-5-13-23(29)14-6-19)20-7-15-24(30)16-8-20/h17-30H,1-16H2. The summed E-state index contributed by atoms with van der Waals surface area (Å²) in [6.07, 6.45) is 16.5. The predicted molar refractivity (Wildman–Crippen MR) is 119 cm³/mol. The lowest BCUT2D eigenvalue weighted by atomic mass is 9.55. The van der Waals surface area contributed by atoms with Gasteiger partial charge in [-0.2, -0.15) is 0 Å². The van der Waals surface area contributed by atoms with Crippen LogP contribution in [-0.4, -0.2) is 44.8 Å². The van der Waals surface area contributed by atoms with Crippen LogP contribution in [0.1, 0.15) is 103 Å². The van der Waals surface area contributed by atoms with E-state index in [1.54, 1.807) is 0 Å². The summed E-state index contributed by atoms with van der Waals surface area (Å²) in [6.45, 7) is 0. The Balaban J connectivity index is 1.59. The van der Waals surface area contributed by atoms with Gasteiger partial charge in [-0.3, -0.25) is 0 Å². The highest BCUT2D eigenvalue weighted by Gasteiger charge is 2.45. The largest absolute Gasteiger partial charge is 0.393 e. The zero-order valence-corrected chi connectivity index (χ0v) is 18.9. The minimum Gasteiger partial charge on any atom is -0.393 e. The highest BCUT2D eigenvalue weighted by molar-refractivity contribution is 4.95. The van der Waals surface area contributed by atoms with Crippen LogP contribution in [0.2, 0.25) is 0 Å². The molecule has 30 heavy (non-hydrogen) atoms. The fourth-order valence-electron chi connectivity index (χ4n) is 7.97. The van der Waals surface area contributed by atoms with Gasteiger partial charge < -0.3 is 20.4 Å². The van der Waals surface area contributed by atoms with Crippen LogP contribution in [0.15, 0.2) is 0 Å². The number of hydrogen-bond acceptors (Lipinski definition) is 4. The summed E-state index contributed by atoms with van der Waals surface area (Å²) in [5.41, 5.74) is 0. The van der Waals surface area contributed by atoms with Crippen molar-refractivity contribution < 1.29 is 20.4 Å². The van der Waals surface area contributed by atoms with E-state index in [0.29, 0.717) is 35.5 Å². The molecule has 4 fully saturated rings. The van der Waals surface area contributed by atoms with Gasteiger partial charge in [0.2, 0.25) is 0 Å². The van der Waals surface area contributed by atoms with E-state index >= 15 is 0 Å². The average molecular weight is 423 g/mol. The quantitative estimate of drug-likeness (QED) is 0.529. The molecule has 0 atom stereocenters. The summed E-state index contributed by atoms with van der Waals surface area (Å²) in [5.74, 6) is 4.22. The number of rotatable bonds is 5. The molecule has 0 aromatic heterocycles. The molecule has 4 heteroatoms. The van der Waals surface area contributed by atoms with Gasteiger partial charge in [0, 0.05) is 0 Å². The van der Waals surface area contributed by atoms with Crippen molar-refractivity contribution >= 4 is 0 Å². The summed E-state index contributed by atoms with van der Waals surface area (Å²) in [5, 5.41) is 40.6. The molecule has 0 aromatic carbocycles. The number of aliphatic hydroxyl groups is 4. The second kappa shape index (κ2) is 10.6. The van der Waals surface area contributed by atoms with E-state index in [9.17, 15) is 20.4 Å². The Kier molecular flexibility index (Phi) is 8.16. The molecular formula is C26H46O4. The van der Waals surface area contributed by atoms with E-state index in [2.05, 4.69) is 0 Å². The first-order valence-corrected chi connectivity index (χ1v) is 13.2. The fourth-order valence-corrected chi connectivity index (χ4v) is 7.97. The molecule has 4 rings (SSSR count). The van der Waals surface area contributed by atoms with Gasteiger partial charge in [0.25, 0.3) is 0 Å². The van der Waals surface area contributed by atoms with Gasteiger partial charge in [0.1, 0.15) is 0 Å². The van der Waals surface area contributed by atoms with Crippen LogP contribution in [0.25, 0.3) is 0 Å². The summed E-state index contributed by atoms with van der Waals surface area (Å²) in [6, 6.07) is 0. The van der Waals surface area contributed by atoms with E-state index < -0.39 is 0 Å². The van der Waals surface area contributed by atoms with Crippen molar-refractivity contribution in [2.45, 2.75) is 127 Å². The molecule has 0 amide bonds. The maximum absolute atomic E-state index is 10.2. The molecular weight excluding hydrogens is 376 g/mol. The van der Waals surface area contributed by atoms with Crippen molar-refractivity contribution in [2.24, 2.45) is 35.5 Å². The van der Waals surface area contributed by atoms with Crippen molar-refractivity contribution in [1.29, 1.82) is 0 Å². The molecule has 4 aliphatic rings. The van der Waals surface area contributed by atoms with Gasteiger partial charge in [-0.15, -0.1) is 0 Å². The highest BCUT2D eigenvalue weighted by atomic mass is 16.3. The van der Waals surface area contributed by atoms with Crippen LogP contribution in [-0.2, 0) is 0 Å². The topological polar surface area (TPSA) is 80.9 Å². The van der Waals surface area contributed by atoms with E-state index in [4.69, 9.17) is 0 Å². The van der Waals surface area contributed by atoms with Crippen LogP contribution in [0, 0.1) is 35.5 Å². The van der Waals surface area contributed by atoms with Gasteiger partial charge in [-0.25, -0.2) is 0 Å². The Bertz CT molecular complexity index is 403. The maximum atomic E-state index is 10.2. The Morgan fingerprint density at radius 1 is 0.300 bits per heavy atom. The van der Waals surface area contributed by atoms with Crippen LogP contribution >= 0.6 is 0 Å². The third-order valence-corrected chi connectivity index (χ3v) is 9.59. The van der Waals surface area contributed by atoms with Gasteiger partial charge in [-0.05, 0) is 138 Å². The molecule has 0 heterocycles. The first-order valence-electron chi connectivity index (χ1n) is 13.2. The average Bonchev–Trinajstić information content (AvgIpc) is 2.75. The lowest BCUT2D eigenvalue weighted by Gasteiger charge is -2.50. The summed E-state index contributed by atoms with van der Waals surface area (Å²) in [4.78, 5) is 0. The summed E-state index contributed by atoms with van der Waals surface area (Å²) in [7, 11) is 0. The molecule has 4 saturated carbocycles. The smallest absolute Gasteiger partial charge is 0.0540 e. The normalized spacial score (nSPS) is 45.6. The Morgan fingerprint density at radius 3 is 0.633 bits per heavy atom. The Labute approximate surface area is 183 Å². The zero-order valence-electron chi connectivity index (χ0n) is 18.9. The molecule has 174 valence electrons. The lowest BCUT2D eigenvalue weighted by Crippen LogP contribution is -2.44. The maximum Gasteiger partial charge on any atom is 0.0540 e. The van der Waals surface area contributed by atoms with E-state index in [1.165, 1.54) is 0 Å². The summed E-state index contributed by atoms with van der Waals surface area (Å²) < 4.78 is 0. The second-order valence-corrected chi connectivity index (χ2v) is 11.4. The molecule has 0 radical (unpaired) electrons. The molecule has 0 spiro atoms. The van der Waals surface area contributed by atoms with Crippen LogP contribution < -0.4 is 0 Å². The van der Waals surface area contributed by atoms with E-state index in [0.717, 1.165) is 103 Å². The van der Waals surface area contributed by atoms with Crippen molar-refractivity contribution in [3.63, 3.8) is 0 Å². The van der Waals surface area contributed by atoms with E-state index in [1.807, 2.05) is 0 Å². The number of hydrogen-bond donors (Lipinski definition) is 4. The van der Waals surface area contributed by atoms with E-state index in [-0.39, 0.29) is 24.4 Å². The SMILES string of the molecule is OC1CCC(C(C2CCC(O)CC2)C(C2CCC(O)CC2)C2CCC(O)CC2)CC1. The van der Waals surface area contributed by atoms with Crippen LogP contribution in [0.5, 0.6) is 0 Å². The minimum atomic E-state index is -0.108. The Morgan fingerprint density at radius 2 is 0.467 bits per heavy atom. The second-order valence-electron chi connectivity index (χ2n) is 11.4. The summed E-state index contributed by atoms with van der Waals surface area (Å²) >= 11 is 0. The lowest BCUT2D eigenvalue weighted by molar-refractivity contribution is -0.0417. The molecule has 0 bridgehead atoms. The fraction of sp³-hybridized carbons (Fsp3) is 1.00. The van der Waals surface area contributed by atoms with Crippen LogP contribution in [0.3, 0.4) is 0 Å². The minimum absolute atomic E-state index is 0.108. The molecule has 4 aliphatic carbocycles. The van der Waals surface area contributed by atoms with Gasteiger partial charge in [-0.1, -0.05) is 0 Å². The molecule has 4 N–H and O–H groups in total. The Hall–Kier alpha value is -0.160. The van der Waals surface area contributed by atoms with Gasteiger partial charge >= 0.3 is 0 Å². The molecule has 0 saturated heterocycles. The molecule has 0 aromatic rings.